The highest BCUT2D eigenvalue weighted by Gasteiger charge is 1.97. The monoisotopic (exact) mass is 238 g/mol. The Kier molecular flexibility index (Phi) is 4.68. The Labute approximate surface area is 108 Å². The van der Waals surface area contributed by atoms with Crippen molar-refractivity contribution in [3.8, 4) is 11.1 Å². The van der Waals surface area contributed by atoms with E-state index in [-0.39, 0.29) is 0 Å². The molecule has 0 amide bonds. The minimum absolute atomic E-state index is 1.00. The summed E-state index contributed by atoms with van der Waals surface area (Å²) >= 11 is 0. The molecule has 1 N–H and O–H groups in total. The number of nitrogens with zero attached hydrogens (tertiary/aromatic N) is 1. The van der Waals surface area contributed by atoms with Crippen molar-refractivity contribution in [2.24, 2.45) is 0 Å². The second-order valence-corrected chi connectivity index (χ2v) is 4.17. The molecule has 0 radical (unpaired) electrons. The van der Waals surface area contributed by atoms with E-state index >= 15 is 0 Å². The molecule has 92 valence electrons. The van der Waals surface area contributed by atoms with Crippen LogP contribution in [-0.2, 0) is 0 Å². The van der Waals surface area contributed by atoms with Gasteiger partial charge < -0.3 is 5.32 Å². The Morgan fingerprint density at radius 3 is 2.72 bits per heavy atom. The third-order valence-electron chi connectivity index (χ3n) is 2.74. The Bertz CT molecular complexity index is 504. The maximum absolute atomic E-state index is 4.29. The average molecular weight is 238 g/mol. The fraction of sp³-hybridized carbons (Fsp3) is 0.188. The second kappa shape index (κ2) is 6.72. The predicted octanol–water partition coefficient (Wildman–Crippen LogP) is 3.37. The minimum atomic E-state index is 1.00. The van der Waals surface area contributed by atoms with Gasteiger partial charge in [0, 0.05) is 18.0 Å². The third kappa shape index (κ3) is 3.54. The first-order valence-corrected chi connectivity index (χ1v) is 6.22. The summed E-state index contributed by atoms with van der Waals surface area (Å²) in [6, 6.07) is 12.5. The first kappa shape index (κ1) is 12.5. The molecule has 0 aliphatic rings. The molecule has 2 heteroatoms. The van der Waals surface area contributed by atoms with Gasteiger partial charge in [-0.25, -0.2) is 0 Å². The summed E-state index contributed by atoms with van der Waals surface area (Å²) in [5, 5.41) is 3.12. The minimum Gasteiger partial charge on any atom is -0.319 e. The van der Waals surface area contributed by atoms with Gasteiger partial charge in [-0.05, 0) is 37.2 Å². The lowest BCUT2D eigenvalue weighted by atomic mass is 10.1. The number of pyridine rings is 1. The third-order valence-corrected chi connectivity index (χ3v) is 2.74. The van der Waals surface area contributed by atoms with Gasteiger partial charge in [0.2, 0.25) is 0 Å². The van der Waals surface area contributed by atoms with Gasteiger partial charge in [0.05, 0.1) is 0 Å². The molecule has 0 aliphatic carbocycles. The number of rotatable bonds is 5. The number of nitrogens with one attached hydrogen (secondary N) is 1. The lowest BCUT2D eigenvalue weighted by molar-refractivity contribution is 0.809. The highest BCUT2D eigenvalue weighted by molar-refractivity contribution is 5.65. The molecule has 2 rings (SSSR count). The Balaban J connectivity index is 2.13. The van der Waals surface area contributed by atoms with E-state index in [9.17, 15) is 0 Å². The van der Waals surface area contributed by atoms with Gasteiger partial charge in [0.25, 0.3) is 0 Å². The highest BCUT2D eigenvalue weighted by atomic mass is 14.8. The number of aromatic nitrogens is 1. The van der Waals surface area contributed by atoms with Crippen molar-refractivity contribution in [2.75, 3.05) is 13.6 Å². The van der Waals surface area contributed by atoms with Crippen molar-refractivity contribution in [3.05, 3.63) is 60.4 Å². The van der Waals surface area contributed by atoms with Crippen LogP contribution in [0.5, 0.6) is 0 Å². The van der Waals surface area contributed by atoms with Crippen LogP contribution in [0.3, 0.4) is 0 Å². The van der Waals surface area contributed by atoms with Crippen LogP contribution >= 0.6 is 0 Å². The van der Waals surface area contributed by atoms with Gasteiger partial charge in [0.15, 0.2) is 0 Å². The van der Waals surface area contributed by atoms with E-state index in [4.69, 9.17) is 0 Å². The largest absolute Gasteiger partial charge is 0.319 e. The SMILES string of the molecule is CNCC/C=C/c1cncc(-c2ccccc2)c1. The van der Waals surface area contributed by atoms with Crippen LogP contribution in [0.2, 0.25) is 0 Å². The summed E-state index contributed by atoms with van der Waals surface area (Å²) in [6.07, 6.45) is 9.12. The maximum atomic E-state index is 4.29. The van der Waals surface area contributed by atoms with E-state index in [2.05, 4.69) is 40.7 Å². The molecule has 0 atom stereocenters. The van der Waals surface area contributed by atoms with Crippen LogP contribution < -0.4 is 5.32 Å². The summed E-state index contributed by atoms with van der Waals surface area (Å²) in [6.45, 7) is 1.00. The van der Waals surface area contributed by atoms with E-state index in [0.29, 0.717) is 0 Å². The molecule has 0 spiro atoms. The zero-order valence-electron chi connectivity index (χ0n) is 10.6. The van der Waals surface area contributed by atoms with Crippen LogP contribution in [0.25, 0.3) is 17.2 Å². The fourth-order valence-electron chi connectivity index (χ4n) is 1.78. The molecule has 0 aliphatic heterocycles. The van der Waals surface area contributed by atoms with E-state index in [1.54, 1.807) is 0 Å². The van der Waals surface area contributed by atoms with Crippen LogP contribution in [0, 0.1) is 0 Å². The van der Waals surface area contributed by atoms with Crippen molar-refractivity contribution in [1.29, 1.82) is 0 Å². The van der Waals surface area contributed by atoms with Crippen molar-refractivity contribution < 1.29 is 0 Å². The highest BCUT2D eigenvalue weighted by Crippen LogP contribution is 2.19. The molecule has 0 saturated heterocycles. The van der Waals surface area contributed by atoms with Crippen molar-refractivity contribution in [3.63, 3.8) is 0 Å². The Hall–Kier alpha value is -1.93. The van der Waals surface area contributed by atoms with Gasteiger partial charge in [-0.1, -0.05) is 42.5 Å². The molecule has 1 aromatic heterocycles. The van der Waals surface area contributed by atoms with Gasteiger partial charge in [0.1, 0.15) is 0 Å². The molecule has 0 bridgehead atoms. The van der Waals surface area contributed by atoms with Gasteiger partial charge in [-0.3, -0.25) is 4.98 Å². The first-order chi connectivity index (χ1) is 8.90. The quantitative estimate of drug-likeness (QED) is 0.808. The summed E-state index contributed by atoms with van der Waals surface area (Å²) in [7, 11) is 1.96. The topological polar surface area (TPSA) is 24.9 Å². The summed E-state index contributed by atoms with van der Waals surface area (Å²) in [4.78, 5) is 4.29. The maximum Gasteiger partial charge on any atom is 0.0346 e. The van der Waals surface area contributed by atoms with E-state index in [0.717, 1.165) is 24.1 Å². The van der Waals surface area contributed by atoms with Crippen LogP contribution in [0.4, 0.5) is 0 Å². The number of benzene rings is 1. The second-order valence-electron chi connectivity index (χ2n) is 4.17. The van der Waals surface area contributed by atoms with Crippen molar-refractivity contribution >= 4 is 6.08 Å². The van der Waals surface area contributed by atoms with Gasteiger partial charge in [-0.15, -0.1) is 0 Å². The molecule has 1 aromatic carbocycles. The van der Waals surface area contributed by atoms with Gasteiger partial charge in [-0.2, -0.15) is 0 Å². The van der Waals surface area contributed by atoms with Crippen LogP contribution in [0.15, 0.2) is 54.9 Å². The van der Waals surface area contributed by atoms with E-state index < -0.39 is 0 Å². The molecular formula is C16H18N2. The smallest absolute Gasteiger partial charge is 0.0346 e. The van der Waals surface area contributed by atoms with Crippen molar-refractivity contribution in [2.45, 2.75) is 6.42 Å². The molecule has 1 heterocycles. The Morgan fingerprint density at radius 2 is 1.94 bits per heavy atom. The molecule has 0 saturated carbocycles. The fourth-order valence-corrected chi connectivity index (χ4v) is 1.78. The summed E-state index contributed by atoms with van der Waals surface area (Å²) in [5.41, 5.74) is 3.51. The van der Waals surface area contributed by atoms with Crippen LogP contribution in [-0.4, -0.2) is 18.6 Å². The normalized spacial score (nSPS) is 10.9. The zero-order valence-corrected chi connectivity index (χ0v) is 10.6. The number of hydrogen-bond donors (Lipinski definition) is 1. The molecule has 18 heavy (non-hydrogen) atoms. The molecule has 2 nitrogen and oxygen atoms in total. The zero-order chi connectivity index (χ0) is 12.6. The van der Waals surface area contributed by atoms with Crippen LogP contribution in [0.1, 0.15) is 12.0 Å². The Morgan fingerprint density at radius 1 is 1.11 bits per heavy atom. The van der Waals surface area contributed by atoms with E-state index in [1.807, 2.05) is 37.6 Å². The first-order valence-electron chi connectivity index (χ1n) is 6.22. The standard InChI is InChI=1S/C16H18N2/c1-17-10-6-5-7-14-11-16(13-18-12-14)15-8-3-2-4-9-15/h2-5,7-9,11-13,17H,6,10H2,1H3/b7-5+. The summed E-state index contributed by atoms with van der Waals surface area (Å²) < 4.78 is 0. The van der Waals surface area contributed by atoms with E-state index in [1.165, 1.54) is 5.56 Å². The summed E-state index contributed by atoms with van der Waals surface area (Å²) in [5.74, 6) is 0. The average Bonchev–Trinajstić information content (AvgIpc) is 2.45. The predicted molar refractivity (Wildman–Crippen MR) is 77.3 cm³/mol. The lowest BCUT2D eigenvalue weighted by Gasteiger charge is -2.02. The number of hydrogen-bond acceptors (Lipinski definition) is 2. The van der Waals surface area contributed by atoms with Crippen molar-refractivity contribution in [1.82, 2.24) is 10.3 Å². The molecular weight excluding hydrogens is 220 g/mol. The molecule has 0 unspecified atom stereocenters. The molecule has 2 aromatic rings. The lowest BCUT2D eigenvalue weighted by Crippen LogP contribution is -2.05. The van der Waals surface area contributed by atoms with Gasteiger partial charge >= 0.3 is 0 Å². The molecule has 0 fully saturated rings.